The highest BCUT2D eigenvalue weighted by Gasteiger charge is 2.27. The van der Waals surface area contributed by atoms with Gasteiger partial charge in [-0.25, -0.2) is 0 Å². The van der Waals surface area contributed by atoms with Crippen molar-refractivity contribution >= 4 is 11.8 Å². The highest BCUT2D eigenvalue weighted by atomic mass is 16.5. The molecule has 1 N–H and O–H groups in total. The van der Waals surface area contributed by atoms with Gasteiger partial charge in [0.2, 0.25) is 5.91 Å². The van der Waals surface area contributed by atoms with Crippen LogP contribution in [0.15, 0.2) is 30.3 Å². The van der Waals surface area contributed by atoms with Crippen LogP contribution >= 0.6 is 0 Å². The molecule has 0 radical (unpaired) electrons. The van der Waals surface area contributed by atoms with Crippen LogP contribution in [0, 0.1) is 0 Å². The van der Waals surface area contributed by atoms with Crippen LogP contribution in [-0.4, -0.2) is 17.9 Å². The molecule has 21 heavy (non-hydrogen) atoms. The molecule has 1 fully saturated rings. The Morgan fingerprint density at radius 2 is 1.67 bits per heavy atom. The molecule has 1 aliphatic rings. The van der Waals surface area contributed by atoms with E-state index >= 15 is 0 Å². The third kappa shape index (κ3) is 8.12. The van der Waals surface area contributed by atoms with E-state index in [-0.39, 0.29) is 11.8 Å². The Kier molecular flexibility index (Phi) is 10.9. The van der Waals surface area contributed by atoms with Crippen LogP contribution in [0.5, 0.6) is 5.75 Å². The molecule has 1 aromatic carbocycles. The summed E-state index contributed by atoms with van der Waals surface area (Å²) in [5.74, 6) is 0.0648. The Morgan fingerprint density at radius 1 is 1.10 bits per heavy atom. The Balaban J connectivity index is 0.000000579. The van der Waals surface area contributed by atoms with E-state index in [0.29, 0.717) is 18.6 Å². The molecule has 0 bridgehead atoms. The number of para-hydroxylation sites is 1. The average molecular weight is 293 g/mol. The maximum atomic E-state index is 11.4. The van der Waals surface area contributed by atoms with Crippen molar-refractivity contribution < 1.29 is 14.3 Å². The molecule has 0 aromatic heterocycles. The smallest absolute Gasteiger partial charge is 0.267 e. The minimum Gasteiger partial charge on any atom is -0.481 e. The van der Waals surface area contributed by atoms with Crippen LogP contribution in [0.3, 0.4) is 0 Å². The number of imide groups is 1. The Morgan fingerprint density at radius 3 is 2.14 bits per heavy atom. The number of carbonyl (C=O) groups excluding carboxylic acids is 2. The number of piperidine rings is 1. The number of benzene rings is 1. The summed E-state index contributed by atoms with van der Waals surface area (Å²) in [6.45, 7) is 8.36. The predicted molar refractivity (Wildman–Crippen MR) is 85.2 cm³/mol. The normalized spacial score (nSPS) is 16.7. The average Bonchev–Trinajstić information content (AvgIpc) is 2.53. The van der Waals surface area contributed by atoms with Crippen molar-refractivity contribution in [1.29, 1.82) is 0 Å². The van der Waals surface area contributed by atoms with Crippen LogP contribution in [0.25, 0.3) is 0 Å². The van der Waals surface area contributed by atoms with Gasteiger partial charge in [-0.3, -0.25) is 14.9 Å². The fraction of sp³-hybridized carbons (Fsp3) is 0.529. The van der Waals surface area contributed by atoms with Crippen molar-refractivity contribution in [2.45, 2.75) is 59.5 Å². The van der Waals surface area contributed by atoms with Gasteiger partial charge in [0.15, 0.2) is 6.10 Å². The zero-order valence-corrected chi connectivity index (χ0v) is 13.5. The topological polar surface area (TPSA) is 55.4 Å². The number of nitrogens with one attached hydrogen (secondary N) is 1. The van der Waals surface area contributed by atoms with Crippen LogP contribution in [0.2, 0.25) is 0 Å². The van der Waals surface area contributed by atoms with E-state index in [1.807, 2.05) is 32.0 Å². The molecule has 2 amide bonds. The van der Waals surface area contributed by atoms with Gasteiger partial charge in [0.05, 0.1) is 0 Å². The van der Waals surface area contributed by atoms with Crippen LogP contribution in [-0.2, 0) is 9.59 Å². The summed E-state index contributed by atoms with van der Waals surface area (Å²) in [5, 5.41) is 2.25. The summed E-state index contributed by atoms with van der Waals surface area (Å²) >= 11 is 0. The minimum atomic E-state index is -0.551. The van der Waals surface area contributed by atoms with Crippen molar-refractivity contribution in [3.05, 3.63) is 30.3 Å². The maximum absolute atomic E-state index is 11.4. The molecule has 1 aromatic rings. The van der Waals surface area contributed by atoms with Gasteiger partial charge in [0.1, 0.15) is 5.75 Å². The molecule has 1 saturated heterocycles. The van der Waals surface area contributed by atoms with Gasteiger partial charge in [-0.2, -0.15) is 0 Å². The van der Waals surface area contributed by atoms with Gasteiger partial charge in [-0.1, -0.05) is 58.7 Å². The SMILES string of the molecule is CC.CCCC.O=C1CCC(Oc2ccccc2)C(=O)N1. The molecule has 0 spiro atoms. The van der Waals surface area contributed by atoms with Gasteiger partial charge in [0.25, 0.3) is 5.91 Å². The van der Waals surface area contributed by atoms with E-state index in [2.05, 4.69) is 19.2 Å². The lowest BCUT2D eigenvalue weighted by molar-refractivity contribution is -0.138. The highest BCUT2D eigenvalue weighted by Crippen LogP contribution is 2.15. The standard InChI is InChI=1S/C11H11NO3.C4H10.C2H6/c13-10-7-6-9(11(14)12-10)15-8-4-2-1-3-5-8;1-3-4-2;1-2/h1-5,9H,6-7H2,(H,12,13,14);3-4H2,1-2H3;1-2H3. The van der Waals surface area contributed by atoms with Gasteiger partial charge in [0, 0.05) is 12.8 Å². The molecule has 1 aliphatic heterocycles. The number of hydrogen-bond donors (Lipinski definition) is 1. The van der Waals surface area contributed by atoms with E-state index in [1.165, 1.54) is 12.8 Å². The first kappa shape index (κ1) is 19.2. The third-order valence-corrected chi connectivity index (χ3v) is 2.71. The van der Waals surface area contributed by atoms with Crippen molar-refractivity contribution in [1.82, 2.24) is 5.32 Å². The lowest BCUT2D eigenvalue weighted by atomic mass is 10.1. The molecule has 0 aliphatic carbocycles. The lowest BCUT2D eigenvalue weighted by Crippen LogP contribution is -2.46. The molecule has 1 unspecified atom stereocenters. The van der Waals surface area contributed by atoms with Crippen LogP contribution in [0.1, 0.15) is 53.4 Å². The second-order valence-electron chi connectivity index (χ2n) is 4.37. The monoisotopic (exact) mass is 293 g/mol. The third-order valence-electron chi connectivity index (χ3n) is 2.71. The molecule has 1 atom stereocenters. The second-order valence-corrected chi connectivity index (χ2v) is 4.37. The Bertz CT molecular complexity index is 402. The summed E-state index contributed by atoms with van der Waals surface area (Å²) in [6.07, 6.45) is 2.87. The number of rotatable bonds is 3. The van der Waals surface area contributed by atoms with Crippen molar-refractivity contribution in [3.63, 3.8) is 0 Å². The van der Waals surface area contributed by atoms with Crippen LogP contribution in [0.4, 0.5) is 0 Å². The molecule has 2 rings (SSSR count). The summed E-state index contributed by atoms with van der Waals surface area (Å²) in [4.78, 5) is 22.2. The molecular weight excluding hydrogens is 266 g/mol. The number of carbonyl (C=O) groups is 2. The van der Waals surface area contributed by atoms with E-state index in [9.17, 15) is 9.59 Å². The Labute approximate surface area is 127 Å². The van der Waals surface area contributed by atoms with Crippen molar-refractivity contribution in [2.75, 3.05) is 0 Å². The van der Waals surface area contributed by atoms with E-state index in [0.717, 1.165) is 0 Å². The number of ether oxygens (including phenoxy) is 1. The van der Waals surface area contributed by atoms with Gasteiger partial charge in [-0.15, -0.1) is 0 Å². The molecular formula is C17H27NO3. The molecule has 4 heteroatoms. The quantitative estimate of drug-likeness (QED) is 0.864. The lowest BCUT2D eigenvalue weighted by Gasteiger charge is -2.21. The van der Waals surface area contributed by atoms with Gasteiger partial charge in [-0.05, 0) is 12.1 Å². The Hall–Kier alpha value is -1.84. The van der Waals surface area contributed by atoms with E-state index < -0.39 is 6.10 Å². The minimum absolute atomic E-state index is 0.229. The fourth-order valence-electron chi connectivity index (χ4n) is 1.45. The fourth-order valence-corrected chi connectivity index (χ4v) is 1.45. The number of unbranched alkanes of at least 4 members (excludes halogenated alkanes) is 1. The number of hydrogen-bond acceptors (Lipinski definition) is 3. The molecule has 118 valence electrons. The maximum Gasteiger partial charge on any atom is 0.267 e. The second kappa shape index (κ2) is 11.9. The molecule has 1 heterocycles. The predicted octanol–water partition coefficient (Wildman–Crippen LogP) is 3.70. The molecule has 0 saturated carbocycles. The van der Waals surface area contributed by atoms with Crippen molar-refractivity contribution in [2.24, 2.45) is 0 Å². The first-order valence-electron chi connectivity index (χ1n) is 7.72. The largest absolute Gasteiger partial charge is 0.481 e. The van der Waals surface area contributed by atoms with E-state index in [1.54, 1.807) is 12.1 Å². The van der Waals surface area contributed by atoms with Gasteiger partial charge < -0.3 is 4.74 Å². The molecule has 4 nitrogen and oxygen atoms in total. The first-order valence-corrected chi connectivity index (χ1v) is 7.72. The number of amides is 2. The zero-order chi connectivity index (χ0) is 16.1. The van der Waals surface area contributed by atoms with E-state index in [4.69, 9.17) is 4.74 Å². The first-order chi connectivity index (χ1) is 10.2. The summed E-state index contributed by atoms with van der Waals surface area (Å²) < 4.78 is 5.45. The van der Waals surface area contributed by atoms with Gasteiger partial charge >= 0.3 is 0 Å². The summed E-state index contributed by atoms with van der Waals surface area (Å²) in [5.41, 5.74) is 0. The van der Waals surface area contributed by atoms with Crippen molar-refractivity contribution in [3.8, 4) is 5.75 Å². The van der Waals surface area contributed by atoms with Crippen LogP contribution < -0.4 is 10.1 Å². The highest BCUT2D eigenvalue weighted by molar-refractivity contribution is 5.99. The zero-order valence-electron chi connectivity index (χ0n) is 13.5. The summed E-state index contributed by atoms with van der Waals surface area (Å²) in [6, 6.07) is 9.10. The summed E-state index contributed by atoms with van der Waals surface area (Å²) in [7, 11) is 0.